The van der Waals surface area contributed by atoms with E-state index in [2.05, 4.69) is 18.8 Å². The lowest BCUT2D eigenvalue weighted by atomic mass is 10.0. The first-order valence-corrected chi connectivity index (χ1v) is 3.91. The van der Waals surface area contributed by atoms with Crippen LogP contribution in [-0.2, 0) is 0 Å². The second-order valence-corrected chi connectivity index (χ2v) is 3.62. The maximum absolute atomic E-state index is 4.30. The van der Waals surface area contributed by atoms with Crippen LogP contribution in [0, 0.1) is 0 Å². The number of hydrogen-bond donors (Lipinski definition) is 0. The molecule has 0 aromatic heterocycles. The Morgan fingerprint density at radius 3 is 2.62 bits per heavy atom. The molecule has 0 aliphatic carbocycles. The summed E-state index contributed by atoms with van der Waals surface area (Å²) in [5.41, 5.74) is 2.19. The van der Waals surface area contributed by atoms with Crippen LogP contribution in [-0.4, -0.2) is 16.8 Å². The van der Waals surface area contributed by atoms with Crippen molar-refractivity contribution in [1.82, 2.24) is 0 Å². The zero-order valence-corrected chi connectivity index (χ0v) is 6.16. The summed E-state index contributed by atoms with van der Waals surface area (Å²) in [5, 5.41) is 0. The Bertz CT molecular complexity index is 107. The highest BCUT2D eigenvalue weighted by atomic mass is 32.2. The molecule has 0 radical (unpaired) electrons. The van der Waals surface area contributed by atoms with Crippen LogP contribution in [0.5, 0.6) is 0 Å². The third-order valence-electron chi connectivity index (χ3n) is 1.31. The van der Waals surface area contributed by atoms with E-state index in [9.17, 15) is 0 Å². The molecule has 46 valence electrons. The second kappa shape index (κ2) is 2.09. The summed E-state index contributed by atoms with van der Waals surface area (Å²) in [5.74, 6) is 1.23. The zero-order chi connectivity index (χ0) is 6.04. The van der Waals surface area contributed by atoms with E-state index in [1.807, 2.05) is 5.55 Å². The molecule has 0 unspecified atom stereocenters. The van der Waals surface area contributed by atoms with Crippen molar-refractivity contribution in [3.05, 3.63) is 0 Å². The lowest BCUT2D eigenvalue weighted by Gasteiger charge is -2.21. The Labute approximate surface area is 54.6 Å². The average molecular weight is 129 g/mol. The van der Waals surface area contributed by atoms with Gasteiger partial charge in [0.1, 0.15) is 0 Å². The largest absolute Gasteiger partial charge is 0.280 e. The fourth-order valence-electron chi connectivity index (χ4n) is 0.606. The highest BCUT2D eigenvalue weighted by Gasteiger charge is 2.16. The van der Waals surface area contributed by atoms with Crippen molar-refractivity contribution in [1.29, 1.82) is 0 Å². The predicted molar refractivity (Wildman–Crippen MR) is 39.6 cm³/mol. The molecule has 1 heterocycles. The summed E-state index contributed by atoms with van der Waals surface area (Å²) in [7, 11) is 0. The fourth-order valence-corrected chi connectivity index (χ4v) is 1.69. The Morgan fingerprint density at radius 2 is 2.38 bits per heavy atom. The van der Waals surface area contributed by atoms with Crippen LogP contribution in [0.1, 0.15) is 20.3 Å². The molecule has 0 atom stereocenters. The Kier molecular flexibility index (Phi) is 1.61. The molecular weight excluding hydrogens is 118 g/mol. The second-order valence-electron chi connectivity index (χ2n) is 2.67. The van der Waals surface area contributed by atoms with Gasteiger partial charge < -0.3 is 0 Å². The normalized spacial score (nSPS) is 25.8. The SMILES string of the molecule is CC1(C)CCSC=N1. The van der Waals surface area contributed by atoms with E-state index >= 15 is 0 Å². The van der Waals surface area contributed by atoms with E-state index in [4.69, 9.17) is 0 Å². The van der Waals surface area contributed by atoms with Crippen molar-refractivity contribution in [3.8, 4) is 0 Å². The van der Waals surface area contributed by atoms with Crippen LogP contribution >= 0.6 is 11.8 Å². The highest BCUT2D eigenvalue weighted by molar-refractivity contribution is 8.12. The number of rotatable bonds is 0. The molecule has 0 aromatic carbocycles. The number of nitrogens with zero attached hydrogens (tertiary/aromatic N) is 1. The molecule has 0 N–H and O–H groups in total. The lowest BCUT2D eigenvalue weighted by Crippen LogP contribution is -2.20. The van der Waals surface area contributed by atoms with Crippen molar-refractivity contribution < 1.29 is 0 Å². The van der Waals surface area contributed by atoms with E-state index in [-0.39, 0.29) is 5.54 Å². The molecule has 1 aliphatic heterocycles. The standard InChI is InChI=1S/C6H11NS/c1-6(2)3-4-8-5-7-6/h5H,3-4H2,1-2H3. The first-order chi connectivity index (χ1) is 3.71. The monoisotopic (exact) mass is 129 g/mol. The summed E-state index contributed by atoms with van der Waals surface area (Å²) < 4.78 is 0. The van der Waals surface area contributed by atoms with E-state index in [1.54, 1.807) is 11.8 Å². The summed E-state index contributed by atoms with van der Waals surface area (Å²) in [6.07, 6.45) is 1.22. The lowest BCUT2D eigenvalue weighted by molar-refractivity contribution is 0.509. The highest BCUT2D eigenvalue weighted by Crippen LogP contribution is 2.21. The topological polar surface area (TPSA) is 12.4 Å². The van der Waals surface area contributed by atoms with Gasteiger partial charge >= 0.3 is 0 Å². The van der Waals surface area contributed by atoms with Gasteiger partial charge in [0.2, 0.25) is 0 Å². The molecule has 0 amide bonds. The first-order valence-electron chi connectivity index (χ1n) is 2.86. The molecule has 0 saturated heterocycles. The van der Waals surface area contributed by atoms with Gasteiger partial charge in [-0.2, -0.15) is 0 Å². The van der Waals surface area contributed by atoms with Crippen LogP contribution < -0.4 is 0 Å². The molecule has 0 aromatic rings. The maximum Gasteiger partial charge on any atom is 0.0566 e. The van der Waals surface area contributed by atoms with Crippen molar-refractivity contribution in [2.24, 2.45) is 4.99 Å². The minimum Gasteiger partial charge on any atom is -0.280 e. The van der Waals surface area contributed by atoms with Gasteiger partial charge in [-0.25, -0.2) is 0 Å². The van der Waals surface area contributed by atoms with Gasteiger partial charge in [0.15, 0.2) is 0 Å². The minimum atomic E-state index is 0.227. The maximum atomic E-state index is 4.30. The zero-order valence-electron chi connectivity index (χ0n) is 5.35. The van der Waals surface area contributed by atoms with Crippen molar-refractivity contribution in [3.63, 3.8) is 0 Å². The molecular formula is C6H11NS. The van der Waals surface area contributed by atoms with Gasteiger partial charge in [-0.3, -0.25) is 4.99 Å². The third-order valence-corrected chi connectivity index (χ3v) is 2.00. The van der Waals surface area contributed by atoms with Crippen molar-refractivity contribution in [2.75, 3.05) is 5.75 Å². The van der Waals surface area contributed by atoms with E-state index in [0.717, 1.165) is 0 Å². The van der Waals surface area contributed by atoms with Crippen LogP contribution in [0.4, 0.5) is 0 Å². The quantitative estimate of drug-likeness (QED) is 0.487. The first kappa shape index (κ1) is 6.14. The van der Waals surface area contributed by atoms with Crippen molar-refractivity contribution >= 4 is 17.3 Å². The molecule has 1 nitrogen and oxygen atoms in total. The van der Waals surface area contributed by atoms with Crippen LogP contribution in [0.15, 0.2) is 4.99 Å². The summed E-state index contributed by atoms with van der Waals surface area (Å²) in [6.45, 7) is 4.34. The van der Waals surface area contributed by atoms with Gasteiger partial charge in [-0.05, 0) is 20.3 Å². The van der Waals surface area contributed by atoms with E-state index in [1.165, 1.54) is 12.2 Å². The van der Waals surface area contributed by atoms with Crippen LogP contribution in [0.25, 0.3) is 0 Å². The molecule has 0 saturated carbocycles. The predicted octanol–water partition coefficient (Wildman–Crippen LogP) is 1.93. The van der Waals surface area contributed by atoms with Gasteiger partial charge in [0.05, 0.1) is 11.1 Å². The number of hydrogen-bond acceptors (Lipinski definition) is 2. The molecule has 0 bridgehead atoms. The molecule has 1 rings (SSSR count). The Morgan fingerprint density at radius 1 is 1.62 bits per heavy atom. The van der Waals surface area contributed by atoms with Crippen molar-refractivity contribution in [2.45, 2.75) is 25.8 Å². The van der Waals surface area contributed by atoms with Crippen LogP contribution in [0.3, 0.4) is 0 Å². The molecule has 8 heavy (non-hydrogen) atoms. The number of thioether (sulfide) groups is 1. The third kappa shape index (κ3) is 1.51. The summed E-state index contributed by atoms with van der Waals surface area (Å²) in [4.78, 5) is 4.30. The average Bonchev–Trinajstić information content (AvgIpc) is 1.65. The van der Waals surface area contributed by atoms with E-state index < -0.39 is 0 Å². The van der Waals surface area contributed by atoms with Gasteiger partial charge in [0.25, 0.3) is 0 Å². The molecule has 1 aliphatic rings. The van der Waals surface area contributed by atoms with Gasteiger partial charge in [0, 0.05) is 5.75 Å². The Balaban J connectivity index is 2.56. The molecule has 2 heteroatoms. The smallest absolute Gasteiger partial charge is 0.0566 e. The van der Waals surface area contributed by atoms with Gasteiger partial charge in [-0.1, -0.05) is 0 Å². The minimum absolute atomic E-state index is 0.227. The fraction of sp³-hybridized carbons (Fsp3) is 0.833. The molecule has 0 fully saturated rings. The van der Waals surface area contributed by atoms with Crippen LogP contribution in [0.2, 0.25) is 0 Å². The molecule has 0 spiro atoms. The van der Waals surface area contributed by atoms with E-state index in [0.29, 0.717) is 0 Å². The van der Waals surface area contributed by atoms with Gasteiger partial charge in [-0.15, -0.1) is 11.8 Å². The Hall–Kier alpha value is 0.0200. The summed E-state index contributed by atoms with van der Waals surface area (Å²) in [6, 6.07) is 0. The number of aliphatic imine (C=N–C) groups is 1. The summed E-state index contributed by atoms with van der Waals surface area (Å²) >= 11 is 1.81.